The largest absolute Gasteiger partial charge is 0.392 e. The Hall–Kier alpha value is -1.08. The molecule has 0 radical (unpaired) electrons. The van der Waals surface area contributed by atoms with Crippen molar-refractivity contribution in [1.82, 2.24) is 0 Å². The van der Waals surface area contributed by atoms with E-state index in [1.165, 1.54) is 30.4 Å². The maximum atomic E-state index is 8.76. The van der Waals surface area contributed by atoms with Gasteiger partial charge in [0.25, 0.3) is 0 Å². The summed E-state index contributed by atoms with van der Waals surface area (Å²) in [6.45, 7) is 0.151. The van der Waals surface area contributed by atoms with E-state index in [9.17, 15) is 0 Å². The molecule has 0 amide bonds. The molecule has 74 valence electrons. The number of benzene rings is 1. The highest BCUT2D eigenvalue weighted by molar-refractivity contribution is 5.35. The zero-order valence-electron chi connectivity index (χ0n) is 8.32. The molecule has 1 unspecified atom stereocenters. The Kier molecular flexibility index (Phi) is 3.00. The second-order valence-electron chi connectivity index (χ2n) is 3.81. The highest BCUT2D eigenvalue weighted by Crippen LogP contribution is 2.32. The molecule has 0 aromatic heterocycles. The van der Waals surface area contributed by atoms with Crippen molar-refractivity contribution in [2.75, 3.05) is 6.61 Å². The van der Waals surface area contributed by atoms with Gasteiger partial charge in [0.15, 0.2) is 0 Å². The standard InChI is InChI=1S/C13H16O/c14-10-4-8-12-7-3-6-11-5-1-2-9-13(11)12/h1-2,4-5,8-9,12,14H,3,6-7,10H2/b8-4+. The number of aryl methyl sites for hydroxylation is 1. The average molecular weight is 188 g/mol. The Balaban J connectivity index is 2.26. The minimum absolute atomic E-state index is 0.151. The number of aliphatic hydroxyl groups excluding tert-OH is 1. The summed E-state index contributed by atoms with van der Waals surface area (Å²) >= 11 is 0. The highest BCUT2D eigenvalue weighted by atomic mass is 16.2. The molecule has 1 nitrogen and oxygen atoms in total. The Morgan fingerprint density at radius 1 is 1.36 bits per heavy atom. The molecule has 1 heteroatoms. The highest BCUT2D eigenvalue weighted by Gasteiger charge is 2.16. The molecule has 0 spiro atoms. The number of hydrogen-bond donors (Lipinski definition) is 1. The van der Waals surface area contributed by atoms with Crippen LogP contribution in [0.2, 0.25) is 0 Å². The van der Waals surface area contributed by atoms with Crippen molar-refractivity contribution in [2.24, 2.45) is 0 Å². The van der Waals surface area contributed by atoms with E-state index in [0.29, 0.717) is 5.92 Å². The molecule has 1 atom stereocenters. The summed E-state index contributed by atoms with van der Waals surface area (Å²) in [5.74, 6) is 0.520. The van der Waals surface area contributed by atoms with Gasteiger partial charge in [-0.3, -0.25) is 0 Å². The first kappa shape index (κ1) is 9.47. The lowest BCUT2D eigenvalue weighted by Gasteiger charge is -2.22. The zero-order valence-corrected chi connectivity index (χ0v) is 8.32. The van der Waals surface area contributed by atoms with Gasteiger partial charge in [0.1, 0.15) is 0 Å². The third kappa shape index (κ3) is 1.88. The molecule has 0 saturated heterocycles. The summed E-state index contributed by atoms with van der Waals surface area (Å²) in [5.41, 5.74) is 2.93. The summed E-state index contributed by atoms with van der Waals surface area (Å²) < 4.78 is 0. The Bertz CT molecular complexity index is 328. The zero-order chi connectivity index (χ0) is 9.80. The molecule has 14 heavy (non-hydrogen) atoms. The molecule has 1 aliphatic rings. The number of allylic oxidation sites excluding steroid dienone is 1. The molecular formula is C13H16O. The van der Waals surface area contributed by atoms with Gasteiger partial charge in [0.05, 0.1) is 6.61 Å². The van der Waals surface area contributed by atoms with Crippen molar-refractivity contribution in [3.63, 3.8) is 0 Å². The number of fused-ring (bicyclic) bond motifs is 1. The van der Waals surface area contributed by atoms with Gasteiger partial charge >= 0.3 is 0 Å². The Morgan fingerprint density at radius 2 is 2.21 bits per heavy atom. The first-order chi connectivity index (χ1) is 6.92. The maximum absolute atomic E-state index is 8.76. The predicted octanol–water partition coefficient (Wildman–Crippen LogP) is 2.66. The van der Waals surface area contributed by atoms with Gasteiger partial charge in [-0.2, -0.15) is 0 Å². The van der Waals surface area contributed by atoms with Gasteiger partial charge in [-0.25, -0.2) is 0 Å². The third-order valence-electron chi connectivity index (χ3n) is 2.89. The van der Waals surface area contributed by atoms with Gasteiger partial charge in [-0.15, -0.1) is 0 Å². The lowest BCUT2D eigenvalue weighted by atomic mass is 9.83. The SMILES string of the molecule is OC/C=C/C1CCCc2ccccc21. The monoisotopic (exact) mass is 188 g/mol. The van der Waals surface area contributed by atoms with Crippen LogP contribution < -0.4 is 0 Å². The van der Waals surface area contributed by atoms with Crippen molar-refractivity contribution in [3.05, 3.63) is 47.5 Å². The van der Waals surface area contributed by atoms with Crippen molar-refractivity contribution in [3.8, 4) is 0 Å². The minimum atomic E-state index is 0.151. The topological polar surface area (TPSA) is 20.2 Å². The normalized spacial score (nSPS) is 21.1. The maximum Gasteiger partial charge on any atom is 0.0612 e. The third-order valence-corrected chi connectivity index (χ3v) is 2.89. The molecule has 1 aromatic rings. The Labute approximate surface area is 85.1 Å². The smallest absolute Gasteiger partial charge is 0.0612 e. The van der Waals surface area contributed by atoms with E-state index in [0.717, 1.165) is 0 Å². The van der Waals surface area contributed by atoms with Crippen LogP contribution in [0.25, 0.3) is 0 Å². The predicted molar refractivity (Wildman–Crippen MR) is 58.3 cm³/mol. The summed E-state index contributed by atoms with van der Waals surface area (Å²) in [4.78, 5) is 0. The van der Waals surface area contributed by atoms with Crippen LogP contribution in [0.15, 0.2) is 36.4 Å². The van der Waals surface area contributed by atoms with E-state index >= 15 is 0 Å². The quantitative estimate of drug-likeness (QED) is 0.707. The molecular weight excluding hydrogens is 172 g/mol. The van der Waals surface area contributed by atoms with E-state index in [-0.39, 0.29) is 6.61 Å². The van der Waals surface area contributed by atoms with Crippen LogP contribution in [0, 0.1) is 0 Å². The van der Waals surface area contributed by atoms with E-state index in [1.54, 1.807) is 0 Å². The fourth-order valence-electron chi connectivity index (χ4n) is 2.22. The van der Waals surface area contributed by atoms with E-state index < -0.39 is 0 Å². The van der Waals surface area contributed by atoms with Crippen LogP contribution in [-0.2, 0) is 6.42 Å². The summed E-state index contributed by atoms with van der Waals surface area (Å²) in [5, 5.41) is 8.76. The fraction of sp³-hybridized carbons (Fsp3) is 0.385. The molecule has 1 aromatic carbocycles. The van der Waals surface area contributed by atoms with Crippen molar-refractivity contribution in [2.45, 2.75) is 25.2 Å². The number of rotatable bonds is 2. The van der Waals surface area contributed by atoms with Gasteiger partial charge < -0.3 is 5.11 Å². The molecule has 0 bridgehead atoms. The van der Waals surface area contributed by atoms with Crippen LogP contribution in [0.4, 0.5) is 0 Å². The second kappa shape index (κ2) is 4.43. The summed E-state index contributed by atoms with van der Waals surface area (Å²) in [6.07, 6.45) is 7.68. The first-order valence-corrected chi connectivity index (χ1v) is 5.27. The number of hydrogen-bond acceptors (Lipinski definition) is 1. The summed E-state index contributed by atoms with van der Waals surface area (Å²) in [6, 6.07) is 8.63. The van der Waals surface area contributed by atoms with Crippen molar-refractivity contribution >= 4 is 0 Å². The van der Waals surface area contributed by atoms with Crippen LogP contribution in [-0.4, -0.2) is 11.7 Å². The van der Waals surface area contributed by atoms with Crippen LogP contribution >= 0.6 is 0 Å². The molecule has 1 aliphatic carbocycles. The second-order valence-corrected chi connectivity index (χ2v) is 3.81. The minimum Gasteiger partial charge on any atom is -0.392 e. The van der Waals surface area contributed by atoms with Gasteiger partial charge in [-0.1, -0.05) is 36.4 Å². The van der Waals surface area contributed by atoms with E-state index in [1.807, 2.05) is 6.08 Å². The van der Waals surface area contributed by atoms with Crippen LogP contribution in [0.1, 0.15) is 29.9 Å². The lowest BCUT2D eigenvalue weighted by Crippen LogP contribution is -2.07. The fourth-order valence-corrected chi connectivity index (χ4v) is 2.22. The van der Waals surface area contributed by atoms with Gasteiger partial charge in [0, 0.05) is 5.92 Å². The molecule has 1 N–H and O–H groups in total. The molecule has 0 saturated carbocycles. The molecule has 0 heterocycles. The first-order valence-electron chi connectivity index (χ1n) is 5.27. The number of aliphatic hydroxyl groups is 1. The molecule has 2 rings (SSSR count). The summed E-state index contributed by atoms with van der Waals surface area (Å²) in [7, 11) is 0. The molecule has 0 fully saturated rings. The Morgan fingerprint density at radius 3 is 3.07 bits per heavy atom. The lowest BCUT2D eigenvalue weighted by molar-refractivity contribution is 0.342. The molecule has 0 aliphatic heterocycles. The van der Waals surface area contributed by atoms with Crippen LogP contribution in [0.5, 0.6) is 0 Å². The van der Waals surface area contributed by atoms with Crippen LogP contribution in [0.3, 0.4) is 0 Å². The van der Waals surface area contributed by atoms with Gasteiger partial charge in [-0.05, 0) is 30.4 Å². The van der Waals surface area contributed by atoms with Gasteiger partial charge in [0.2, 0.25) is 0 Å². The van der Waals surface area contributed by atoms with Crippen molar-refractivity contribution < 1.29 is 5.11 Å². The van der Waals surface area contributed by atoms with E-state index in [4.69, 9.17) is 5.11 Å². The average Bonchev–Trinajstić information content (AvgIpc) is 2.26. The van der Waals surface area contributed by atoms with E-state index in [2.05, 4.69) is 30.3 Å². The van der Waals surface area contributed by atoms with Crippen molar-refractivity contribution in [1.29, 1.82) is 0 Å².